The van der Waals surface area contributed by atoms with Crippen LogP contribution < -0.4 is 16.0 Å². The molecule has 0 bridgehead atoms. The van der Waals surface area contributed by atoms with Crippen molar-refractivity contribution in [2.45, 2.75) is 59.2 Å². The van der Waals surface area contributed by atoms with Gasteiger partial charge in [-0.25, -0.2) is 9.79 Å². The van der Waals surface area contributed by atoms with E-state index in [1.165, 1.54) is 0 Å². The molecule has 0 unspecified atom stereocenters. The number of aliphatic imine (C=N–C) groups is 1. The first-order chi connectivity index (χ1) is 12.0. The molecule has 0 aliphatic heterocycles. The predicted octanol–water partition coefficient (Wildman–Crippen LogP) is 2.75. The number of amides is 1. The van der Waals surface area contributed by atoms with Crippen molar-refractivity contribution < 1.29 is 14.6 Å². The van der Waals surface area contributed by atoms with Crippen LogP contribution in [0.15, 0.2) is 29.3 Å². The topological polar surface area (TPSA) is 95.0 Å². The second-order valence-corrected chi connectivity index (χ2v) is 7.73. The molecule has 4 N–H and O–H groups in total. The summed E-state index contributed by atoms with van der Waals surface area (Å²) in [4.78, 5) is 16.5. The number of guanidine groups is 1. The van der Waals surface area contributed by atoms with Gasteiger partial charge < -0.3 is 25.8 Å². The van der Waals surface area contributed by atoms with Crippen LogP contribution in [0.3, 0.4) is 0 Å². The Hall–Kier alpha value is -2.44. The highest BCUT2D eigenvalue weighted by Gasteiger charge is 2.24. The van der Waals surface area contributed by atoms with Crippen molar-refractivity contribution in [1.82, 2.24) is 16.0 Å². The summed E-state index contributed by atoms with van der Waals surface area (Å²) in [6.07, 6.45) is -0.453. The Kier molecular flexibility index (Phi) is 7.74. The third kappa shape index (κ3) is 9.15. The number of hydrogen-bond acceptors (Lipinski definition) is 4. The molecule has 0 radical (unpaired) electrons. The zero-order valence-electron chi connectivity index (χ0n) is 16.6. The Morgan fingerprint density at radius 1 is 1.19 bits per heavy atom. The van der Waals surface area contributed by atoms with Crippen molar-refractivity contribution in [1.29, 1.82) is 0 Å². The number of carbonyl (C=O) groups excluding carboxylic acids is 1. The molecule has 0 heterocycles. The molecule has 1 aromatic rings. The molecule has 0 aromatic heterocycles. The van der Waals surface area contributed by atoms with Crippen LogP contribution in [0.1, 0.15) is 47.1 Å². The molecular weight excluding hydrogens is 332 g/mol. The minimum Gasteiger partial charge on any atom is -0.508 e. The van der Waals surface area contributed by atoms with Gasteiger partial charge in [-0.1, -0.05) is 12.1 Å². The average molecular weight is 364 g/mol. The maximum atomic E-state index is 12.0. The molecule has 7 nitrogen and oxygen atoms in total. The van der Waals surface area contributed by atoms with E-state index in [1.54, 1.807) is 18.2 Å². The molecule has 0 fully saturated rings. The molecule has 146 valence electrons. The lowest BCUT2D eigenvalue weighted by atomic mass is 10.1. The first-order valence-corrected chi connectivity index (χ1v) is 8.82. The highest BCUT2D eigenvalue weighted by atomic mass is 16.6. The largest absolute Gasteiger partial charge is 0.508 e. The maximum Gasteiger partial charge on any atom is 0.408 e. The van der Waals surface area contributed by atoms with Gasteiger partial charge in [-0.3, -0.25) is 0 Å². The second-order valence-electron chi connectivity index (χ2n) is 7.73. The van der Waals surface area contributed by atoms with Crippen molar-refractivity contribution in [3.63, 3.8) is 0 Å². The van der Waals surface area contributed by atoms with Gasteiger partial charge in [-0.2, -0.15) is 0 Å². The van der Waals surface area contributed by atoms with E-state index in [1.807, 2.05) is 47.6 Å². The lowest BCUT2D eigenvalue weighted by Gasteiger charge is -2.29. The van der Waals surface area contributed by atoms with E-state index in [-0.39, 0.29) is 5.75 Å². The fourth-order valence-electron chi connectivity index (χ4n) is 2.10. The molecule has 7 heteroatoms. The summed E-state index contributed by atoms with van der Waals surface area (Å²) >= 11 is 0. The molecule has 0 saturated carbocycles. The van der Waals surface area contributed by atoms with Crippen molar-refractivity contribution >= 4 is 12.1 Å². The second kappa shape index (κ2) is 9.31. The summed E-state index contributed by atoms with van der Waals surface area (Å²) in [5.74, 6) is 0.855. The predicted molar refractivity (Wildman–Crippen MR) is 104 cm³/mol. The van der Waals surface area contributed by atoms with Gasteiger partial charge in [-0.05, 0) is 59.2 Å². The Bertz CT molecular complexity index is 621. The Morgan fingerprint density at radius 3 is 2.46 bits per heavy atom. The van der Waals surface area contributed by atoms with Gasteiger partial charge in [0, 0.05) is 13.1 Å². The van der Waals surface area contributed by atoms with E-state index in [0.29, 0.717) is 25.6 Å². The zero-order chi connectivity index (χ0) is 19.8. The van der Waals surface area contributed by atoms with Gasteiger partial charge in [0.05, 0.1) is 12.1 Å². The first kappa shape index (κ1) is 21.6. The number of alkyl carbamates (subject to hydrolysis) is 1. The number of carbonyl (C=O) groups is 1. The molecule has 26 heavy (non-hydrogen) atoms. The van der Waals surface area contributed by atoms with Crippen LogP contribution in [0.4, 0.5) is 4.79 Å². The first-order valence-electron chi connectivity index (χ1n) is 8.82. The molecule has 0 aliphatic carbocycles. The molecule has 1 amide bonds. The number of aromatic hydroxyl groups is 1. The van der Waals surface area contributed by atoms with Crippen LogP contribution in [0.25, 0.3) is 0 Å². The van der Waals surface area contributed by atoms with Crippen molar-refractivity contribution in [2.24, 2.45) is 4.99 Å². The minimum absolute atomic E-state index is 0.221. The zero-order valence-corrected chi connectivity index (χ0v) is 16.6. The SMILES string of the molecule is CCNC(=NCc1cccc(O)c1)NCC(C)(C)NC(=O)OC(C)(C)C. The summed E-state index contributed by atoms with van der Waals surface area (Å²) in [6.45, 7) is 12.9. The van der Waals surface area contributed by atoms with E-state index >= 15 is 0 Å². The molecule has 0 saturated heterocycles. The van der Waals surface area contributed by atoms with Crippen molar-refractivity contribution in [3.8, 4) is 5.75 Å². The third-order valence-electron chi connectivity index (χ3n) is 3.21. The van der Waals surface area contributed by atoms with Crippen molar-refractivity contribution in [2.75, 3.05) is 13.1 Å². The van der Waals surface area contributed by atoms with Crippen LogP contribution >= 0.6 is 0 Å². The molecule has 0 aliphatic rings. The monoisotopic (exact) mass is 364 g/mol. The van der Waals surface area contributed by atoms with Crippen LogP contribution in [0.2, 0.25) is 0 Å². The van der Waals surface area contributed by atoms with Gasteiger partial charge in [0.1, 0.15) is 11.4 Å². The normalized spacial score (nSPS) is 12.5. The Balaban J connectivity index is 2.63. The Labute approximate surface area is 156 Å². The fourth-order valence-corrected chi connectivity index (χ4v) is 2.10. The van der Waals surface area contributed by atoms with Crippen LogP contribution in [-0.4, -0.2) is 41.4 Å². The van der Waals surface area contributed by atoms with Gasteiger partial charge in [0.25, 0.3) is 0 Å². The molecule has 0 atom stereocenters. The summed E-state index contributed by atoms with van der Waals surface area (Å²) in [5, 5.41) is 18.8. The number of nitrogens with one attached hydrogen (secondary N) is 3. The number of phenols is 1. The summed E-state index contributed by atoms with van der Waals surface area (Å²) in [7, 11) is 0. The molecule has 0 spiro atoms. The van der Waals surface area contributed by atoms with Crippen molar-refractivity contribution in [3.05, 3.63) is 29.8 Å². The fraction of sp³-hybridized carbons (Fsp3) is 0.579. The number of ether oxygens (including phenoxy) is 1. The van der Waals surface area contributed by atoms with E-state index in [0.717, 1.165) is 5.56 Å². The highest BCUT2D eigenvalue weighted by molar-refractivity contribution is 5.80. The maximum absolute atomic E-state index is 12.0. The summed E-state index contributed by atoms with van der Waals surface area (Å²) < 4.78 is 5.30. The van der Waals surface area contributed by atoms with Crippen LogP contribution in [0, 0.1) is 0 Å². The van der Waals surface area contributed by atoms with E-state index < -0.39 is 17.2 Å². The summed E-state index contributed by atoms with van der Waals surface area (Å²) in [5.41, 5.74) is -0.150. The smallest absolute Gasteiger partial charge is 0.408 e. The van der Waals surface area contributed by atoms with E-state index in [2.05, 4.69) is 20.9 Å². The van der Waals surface area contributed by atoms with Crippen LogP contribution in [-0.2, 0) is 11.3 Å². The quantitative estimate of drug-likeness (QED) is 0.460. The van der Waals surface area contributed by atoms with E-state index in [4.69, 9.17) is 4.74 Å². The lowest BCUT2D eigenvalue weighted by Crippen LogP contribution is -2.54. The minimum atomic E-state index is -0.536. The van der Waals surface area contributed by atoms with E-state index in [9.17, 15) is 9.90 Å². The van der Waals surface area contributed by atoms with Gasteiger partial charge in [-0.15, -0.1) is 0 Å². The van der Waals surface area contributed by atoms with Gasteiger partial charge >= 0.3 is 6.09 Å². The number of rotatable bonds is 6. The number of benzene rings is 1. The molecule has 1 rings (SSSR count). The highest BCUT2D eigenvalue weighted by Crippen LogP contribution is 2.12. The molecule has 1 aromatic carbocycles. The standard InChI is InChI=1S/C19H32N4O3/c1-7-20-16(21-12-14-9-8-10-15(24)11-14)22-13-19(5,6)23-17(25)26-18(2,3)4/h8-11,24H,7,12-13H2,1-6H3,(H,23,25)(H2,20,21,22). The summed E-state index contributed by atoms with van der Waals surface area (Å²) in [6, 6.07) is 7.00. The lowest BCUT2D eigenvalue weighted by molar-refractivity contribution is 0.0474. The van der Waals surface area contributed by atoms with Crippen LogP contribution in [0.5, 0.6) is 5.75 Å². The van der Waals surface area contributed by atoms with Gasteiger partial charge in [0.2, 0.25) is 0 Å². The average Bonchev–Trinajstić information content (AvgIpc) is 2.47. The molecular formula is C19H32N4O3. The van der Waals surface area contributed by atoms with Gasteiger partial charge in [0.15, 0.2) is 5.96 Å². The number of hydrogen-bond donors (Lipinski definition) is 4. The number of phenolic OH excluding ortho intramolecular Hbond substituents is 1. The number of nitrogens with zero attached hydrogens (tertiary/aromatic N) is 1. The Morgan fingerprint density at radius 2 is 1.88 bits per heavy atom. The third-order valence-corrected chi connectivity index (χ3v) is 3.21.